The molecule has 0 atom stereocenters. The average Bonchev–Trinajstić information content (AvgIpc) is 3.24. The highest BCUT2D eigenvalue weighted by atomic mass is 16.5. The number of fused-ring (bicyclic) bond motifs is 2. The van der Waals surface area contributed by atoms with Crippen LogP contribution < -0.4 is 0 Å². The van der Waals surface area contributed by atoms with Crippen molar-refractivity contribution in [1.29, 1.82) is 0 Å². The number of rotatable bonds is 0. The van der Waals surface area contributed by atoms with Gasteiger partial charge in [-0.25, -0.2) is 0 Å². The first-order valence-electron chi connectivity index (χ1n) is 8.48. The minimum absolute atomic E-state index is 0.734. The number of aromatic nitrogens is 4. The lowest BCUT2D eigenvalue weighted by molar-refractivity contribution is 0.405. The summed E-state index contributed by atoms with van der Waals surface area (Å²) in [5, 5.41) is 9.37. The Hall–Kier alpha value is -2.76. The predicted molar refractivity (Wildman–Crippen MR) is 100 cm³/mol. The van der Waals surface area contributed by atoms with Crippen LogP contribution in [0.5, 0.6) is 0 Å². The van der Waals surface area contributed by atoms with Crippen molar-refractivity contribution in [3.63, 3.8) is 0 Å². The van der Waals surface area contributed by atoms with Gasteiger partial charge in [-0.1, -0.05) is 50.8 Å². The van der Waals surface area contributed by atoms with Gasteiger partial charge in [0.25, 0.3) is 0 Å². The Morgan fingerprint density at radius 1 is 0.840 bits per heavy atom. The first-order valence-corrected chi connectivity index (χ1v) is 8.48. The van der Waals surface area contributed by atoms with Crippen molar-refractivity contribution < 1.29 is 9.05 Å². The van der Waals surface area contributed by atoms with Crippen molar-refractivity contribution in [3.8, 4) is 0 Å². The van der Waals surface area contributed by atoms with Crippen LogP contribution in [0.2, 0.25) is 0 Å². The van der Waals surface area contributed by atoms with Gasteiger partial charge in [0.2, 0.25) is 0 Å². The maximum atomic E-state index is 4.92. The van der Waals surface area contributed by atoms with Crippen LogP contribution in [-0.4, -0.2) is 20.3 Å². The molecule has 6 nitrogen and oxygen atoms in total. The van der Waals surface area contributed by atoms with Gasteiger partial charge in [0, 0.05) is 24.0 Å². The number of hydrogen-bond donors (Lipinski definition) is 0. The van der Waals surface area contributed by atoms with E-state index in [-0.39, 0.29) is 0 Å². The molecule has 0 aliphatic carbocycles. The summed E-state index contributed by atoms with van der Waals surface area (Å²) in [6.07, 6.45) is 11.0. The van der Waals surface area contributed by atoms with Crippen molar-refractivity contribution >= 4 is 21.9 Å². The highest BCUT2D eigenvalue weighted by Crippen LogP contribution is 2.14. The van der Waals surface area contributed by atoms with Gasteiger partial charge in [-0.15, -0.1) is 0 Å². The molecule has 0 amide bonds. The van der Waals surface area contributed by atoms with Crippen LogP contribution in [0.4, 0.5) is 0 Å². The lowest BCUT2D eigenvalue weighted by atomic mass is 10.3. The number of nitrogens with zero attached hydrogens (tertiary/aromatic N) is 4. The minimum Gasteiger partial charge on any atom is -0.360 e. The zero-order chi connectivity index (χ0) is 18.5. The van der Waals surface area contributed by atoms with E-state index < -0.39 is 0 Å². The van der Waals surface area contributed by atoms with Gasteiger partial charge in [0.1, 0.15) is 11.3 Å². The molecule has 4 rings (SSSR count). The zero-order valence-corrected chi connectivity index (χ0v) is 15.6. The lowest BCUT2D eigenvalue weighted by Gasteiger charge is -1.81. The molecule has 0 N–H and O–H groups in total. The molecule has 134 valence electrons. The lowest BCUT2D eigenvalue weighted by Crippen LogP contribution is -1.70. The van der Waals surface area contributed by atoms with Crippen LogP contribution >= 0.6 is 0 Å². The summed E-state index contributed by atoms with van der Waals surface area (Å²) in [5.41, 5.74) is 1.60. The summed E-state index contributed by atoms with van der Waals surface area (Å²) in [4.78, 5) is 7.80. The normalized spacial score (nSPS) is 9.32. The quantitative estimate of drug-likeness (QED) is 0.415. The molecule has 0 aromatic carbocycles. The number of pyridine rings is 2. The standard InChI is InChI=1S/C7H6N2O.C6H4N2O.2C3H8/c1-5-6-4-8-3-2-7(6)9-10-5;1-2-7-4-6-5(1)3-8-9-6;2*1-3-2/h2-4H,1H3;1-4H;2*3H2,1-2H3. The molecule has 0 bridgehead atoms. The van der Waals surface area contributed by atoms with E-state index >= 15 is 0 Å². The molecule has 0 aliphatic rings. The fourth-order valence-electron chi connectivity index (χ4n) is 1.62. The molecule has 0 aliphatic heterocycles. The average molecular weight is 342 g/mol. The van der Waals surface area contributed by atoms with Gasteiger partial charge in [-0.3, -0.25) is 9.97 Å². The molecule has 6 heteroatoms. The van der Waals surface area contributed by atoms with Crippen LogP contribution in [0.1, 0.15) is 46.3 Å². The van der Waals surface area contributed by atoms with Crippen LogP contribution in [0.25, 0.3) is 21.9 Å². The van der Waals surface area contributed by atoms with Crippen LogP contribution in [0, 0.1) is 6.92 Å². The maximum Gasteiger partial charge on any atom is 0.185 e. The number of aryl methyl sites for hydroxylation is 1. The second-order valence-corrected chi connectivity index (χ2v) is 5.29. The fraction of sp³-hybridized carbons (Fsp3) is 0.368. The fourth-order valence-corrected chi connectivity index (χ4v) is 1.62. The van der Waals surface area contributed by atoms with E-state index in [9.17, 15) is 0 Å². The zero-order valence-electron chi connectivity index (χ0n) is 15.6. The SMILES string of the molecule is CCC.CCC.Cc1onc2ccncc12.c1cc2cnoc2cn1. The third-order valence-corrected chi connectivity index (χ3v) is 2.62. The van der Waals surface area contributed by atoms with E-state index in [0.717, 1.165) is 27.6 Å². The Kier molecular flexibility index (Phi) is 9.51. The molecular weight excluding hydrogens is 316 g/mol. The minimum atomic E-state index is 0.734. The maximum absolute atomic E-state index is 4.92. The Morgan fingerprint density at radius 2 is 1.48 bits per heavy atom. The van der Waals surface area contributed by atoms with E-state index in [1.165, 1.54) is 12.8 Å². The van der Waals surface area contributed by atoms with Crippen LogP contribution in [0.15, 0.2) is 52.2 Å². The monoisotopic (exact) mass is 342 g/mol. The van der Waals surface area contributed by atoms with Crippen molar-refractivity contribution in [2.75, 3.05) is 0 Å². The van der Waals surface area contributed by atoms with Gasteiger partial charge in [-0.05, 0) is 19.1 Å². The van der Waals surface area contributed by atoms with E-state index in [1.54, 1.807) is 31.0 Å². The molecule has 0 fully saturated rings. The van der Waals surface area contributed by atoms with Gasteiger partial charge in [0.15, 0.2) is 5.58 Å². The Balaban J connectivity index is 0.000000193. The Labute approximate surface area is 148 Å². The van der Waals surface area contributed by atoms with E-state index in [2.05, 4.69) is 48.0 Å². The largest absolute Gasteiger partial charge is 0.360 e. The van der Waals surface area contributed by atoms with E-state index in [4.69, 9.17) is 9.05 Å². The summed E-state index contributed by atoms with van der Waals surface area (Å²) in [7, 11) is 0. The second kappa shape index (κ2) is 11.7. The summed E-state index contributed by atoms with van der Waals surface area (Å²) < 4.78 is 9.73. The predicted octanol–water partition coefficient (Wildman–Crippen LogP) is 5.59. The van der Waals surface area contributed by atoms with Gasteiger partial charge >= 0.3 is 0 Å². The first kappa shape index (κ1) is 20.3. The van der Waals surface area contributed by atoms with Crippen molar-refractivity contribution in [3.05, 3.63) is 48.9 Å². The van der Waals surface area contributed by atoms with E-state index in [1.807, 2.05) is 19.1 Å². The number of hydrogen-bond acceptors (Lipinski definition) is 6. The molecule has 4 aromatic heterocycles. The molecular formula is C19H26N4O2. The molecule has 0 saturated heterocycles. The van der Waals surface area contributed by atoms with Crippen LogP contribution in [-0.2, 0) is 0 Å². The first-order chi connectivity index (χ1) is 12.2. The Bertz CT molecular complexity index is 807. The van der Waals surface area contributed by atoms with Crippen molar-refractivity contribution in [2.45, 2.75) is 47.5 Å². The Morgan fingerprint density at radius 3 is 2.12 bits per heavy atom. The molecule has 0 unspecified atom stereocenters. The third-order valence-electron chi connectivity index (χ3n) is 2.62. The second-order valence-electron chi connectivity index (χ2n) is 5.29. The summed E-state index contributed by atoms with van der Waals surface area (Å²) in [6, 6.07) is 3.68. The highest BCUT2D eigenvalue weighted by molar-refractivity contribution is 5.78. The molecule has 25 heavy (non-hydrogen) atoms. The van der Waals surface area contributed by atoms with Crippen LogP contribution in [0.3, 0.4) is 0 Å². The molecule has 0 radical (unpaired) electrons. The smallest absolute Gasteiger partial charge is 0.185 e. The molecule has 4 aromatic rings. The van der Waals surface area contributed by atoms with E-state index in [0.29, 0.717) is 0 Å². The topological polar surface area (TPSA) is 77.8 Å². The summed E-state index contributed by atoms with van der Waals surface area (Å²) in [6.45, 7) is 10.4. The summed E-state index contributed by atoms with van der Waals surface area (Å²) in [5.74, 6) is 0.822. The van der Waals surface area contributed by atoms with Crippen molar-refractivity contribution in [2.24, 2.45) is 0 Å². The van der Waals surface area contributed by atoms with Gasteiger partial charge < -0.3 is 9.05 Å². The molecule has 4 heterocycles. The molecule has 0 spiro atoms. The summed E-state index contributed by atoms with van der Waals surface area (Å²) >= 11 is 0. The molecule has 0 saturated carbocycles. The van der Waals surface area contributed by atoms with Gasteiger partial charge in [-0.2, -0.15) is 0 Å². The third kappa shape index (κ3) is 6.71. The highest BCUT2D eigenvalue weighted by Gasteiger charge is 2.00. The van der Waals surface area contributed by atoms with Crippen molar-refractivity contribution in [1.82, 2.24) is 20.3 Å². The van der Waals surface area contributed by atoms with Gasteiger partial charge in [0.05, 0.1) is 17.8 Å².